The standard InChI is InChI=1S/C27H22O18/c28-9-1-6(2-10(29)16(9)32)24(39)44-23-19(35)13-5-42-25(40)7-3-11(30)17(33)20(36)14(7)15-8(4-12(31)18(34)21(15)37)26(41)45-27(43-13)22(23)38/h1-4,13,19,22-23,27-38H,5H2. The van der Waals surface area contributed by atoms with Crippen LogP contribution >= 0.6 is 0 Å². The molecule has 0 aromatic heterocycles. The van der Waals surface area contributed by atoms with E-state index in [1.807, 2.05) is 0 Å². The van der Waals surface area contributed by atoms with Crippen molar-refractivity contribution in [2.24, 2.45) is 0 Å². The van der Waals surface area contributed by atoms with Crippen LogP contribution in [-0.2, 0) is 18.9 Å². The molecule has 0 amide bonds. The quantitative estimate of drug-likeness (QED) is 0.0979. The Morgan fingerprint density at radius 3 is 1.69 bits per heavy atom. The summed E-state index contributed by atoms with van der Waals surface area (Å²) in [5.41, 5.74) is -4.12. The predicted molar refractivity (Wildman–Crippen MR) is 139 cm³/mol. The van der Waals surface area contributed by atoms with Crippen LogP contribution in [0.25, 0.3) is 11.1 Å². The minimum atomic E-state index is -2.22. The van der Waals surface area contributed by atoms with Gasteiger partial charge in [-0.1, -0.05) is 0 Å². The number of hydrogen-bond donors (Lipinski definition) is 11. The highest BCUT2D eigenvalue weighted by Gasteiger charge is 2.50. The maximum Gasteiger partial charge on any atom is 0.341 e. The molecule has 18 nitrogen and oxygen atoms in total. The number of fused-ring (bicyclic) bond motifs is 5. The third kappa shape index (κ3) is 5.07. The molecule has 2 aliphatic rings. The molecule has 0 aliphatic carbocycles. The zero-order chi connectivity index (χ0) is 33.1. The van der Waals surface area contributed by atoms with Gasteiger partial charge in [-0.15, -0.1) is 0 Å². The van der Waals surface area contributed by atoms with Gasteiger partial charge in [0.05, 0.1) is 16.7 Å². The van der Waals surface area contributed by atoms with Gasteiger partial charge in [-0.05, 0) is 24.3 Å². The molecule has 3 aromatic rings. The summed E-state index contributed by atoms with van der Waals surface area (Å²) >= 11 is 0. The van der Waals surface area contributed by atoms with Gasteiger partial charge in [0.25, 0.3) is 0 Å². The number of rotatable bonds is 2. The summed E-state index contributed by atoms with van der Waals surface area (Å²) in [6.45, 7) is -0.947. The number of aliphatic hydroxyl groups is 2. The highest BCUT2D eigenvalue weighted by Crippen LogP contribution is 2.52. The first-order valence-corrected chi connectivity index (χ1v) is 12.5. The SMILES string of the molecule is O=C(OC1C(O)C2COC(=O)c3cc(O)c(O)c(O)c3-c3c(cc(O)c(O)c3O)C(=O)OC(O2)C1O)c1cc(O)c(O)c(O)c1. The molecule has 5 rings (SSSR count). The van der Waals surface area contributed by atoms with Crippen LogP contribution in [0.5, 0.6) is 51.7 Å². The molecule has 5 atom stereocenters. The van der Waals surface area contributed by atoms with Crippen molar-refractivity contribution in [1.29, 1.82) is 0 Å². The van der Waals surface area contributed by atoms with Crippen molar-refractivity contribution in [1.82, 2.24) is 0 Å². The highest BCUT2D eigenvalue weighted by molar-refractivity contribution is 6.08. The Balaban J connectivity index is 1.61. The van der Waals surface area contributed by atoms with E-state index in [9.17, 15) is 70.6 Å². The first-order chi connectivity index (χ1) is 21.1. The lowest BCUT2D eigenvalue weighted by Gasteiger charge is -2.41. The normalized spacial score (nSPS) is 22.9. The summed E-state index contributed by atoms with van der Waals surface area (Å²) in [5, 5.41) is 113. The second-order valence-electron chi connectivity index (χ2n) is 9.79. The number of benzene rings is 3. The molecule has 238 valence electrons. The van der Waals surface area contributed by atoms with Crippen LogP contribution in [0.15, 0.2) is 24.3 Å². The Morgan fingerprint density at radius 2 is 1.16 bits per heavy atom. The fourth-order valence-electron chi connectivity index (χ4n) is 4.71. The number of ether oxygens (including phenoxy) is 4. The number of carbonyl (C=O) groups excluding carboxylic acids is 3. The maximum absolute atomic E-state index is 13.4. The summed E-state index contributed by atoms with van der Waals surface area (Å²) in [6, 6.07) is 2.45. The molecule has 3 aromatic carbocycles. The molecule has 11 N–H and O–H groups in total. The van der Waals surface area contributed by atoms with Crippen molar-refractivity contribution in [3.05, 3.63) is 41.0 Å². The van der Waals surface area contributed by atoms with E-state index in [2.05, 4.69) is 0 Å². The first-order valence-electron chi connectivity index (χ1n) is 12.5. The van der Waals surface area contributed by atoms with Crippen LogP contribution in [0.1, 0.15) is 31.1 Å². The fourth-order valence-corrected chi connectivity index (χ4v) is 4.71. The van der Waals surface area contributed by atoms with E-state index in [0.29, 0.717) is 24.3 Å². The molecule has 0 radical (unpaired) electrons. The zero-order valence-corrected chi connectivity index (χ0v) is 22.2. The highest BCUT2D eigenvalue weighted by atomic mass is 16.7. The fraction of sp³-hybridized carbons (Fsp3) is 0.222. The lowest BCUT2D eigenvalue weighted by atomic mass is 9.91. The van der Waals surface area contributed by atoms with Crippen LogP contribution < -0.4 is 0 Å². The predicted octanol–water partition coefficient (Wildman–Crippen LogP) is -0.297. The summed E-state index contributed by atoms with van der Waals surface area (Å²) < 4.78 is 20.8. The smallest absolute Gasteiger partial charge is 0.341 e. The first kappa shape index (κ1) is 30.6. The van der Waals surface area contributed by atoms with Gasteiger partial charge in [-0.25, -0.2) is 14.4 Å². The number of aliphatic hydroxyl groups excluding tert-OH is 2. The minimum absolute atomic E-state index is 0.514. The Hall–Kier alpha value is -5.85. The third-order valence-corrected chi connectivity index (χ3v) is 6.99. The minimum Gasteiger partial charge on any atom is -0.504 e. The van der Waals surface area contributed by atoms with Gasteiger partial charge in [0.2, 0.25) is 17.8 Å². The van der Waals surface area contributed by atoms with Crippen molar-refractivity contribution in [3.8, 4) is 62.9 Å². The molecule has 45 heavy (non-hydrogen) atoms. The summed E-state index contributed by atoms with van der Waals surface area (Å²) in [4.78, 5) is 39.4. The number of aromatic hydroxyl groups is 9. The van der Waals surface area contributed by atoms with Gasteiger partial charge in [-0.2, -0.15) is 0 Å². The van der Waals surface area contributed by atoms with E-state index in [0.717, 1.165) is 0 Å². The second kappa shape index (κ2) is 11.0. The number of hydrogen-bond acceptors (Lipinski definition) is 18. The van der Waals surface area contributed by atoms with E-state index in [1.165, 1.54) is 0 Å². The van der Waals surface area contributed by atoms with Gasteiger partial charge in [0.1, 0.15) is 18.8 Å². The molecule has 2 aliphatic heterocycles. The van der Waals surface area contributed by atoms with Gasteiger partial charge < -0.3 is 75.1 Å². The molecule has 18 heteroatoms. The molecule has 0 saturated carbocycles. The van der Waals surface area contributed by atoms with Crippen molar-refractivity contribution < 1.29 is 89.5 Å². The van der Waals surface area contributed by atoms with Crippen LogP contribution in [0, 0.1) is 0 Å². The molecule has 1 fully saturated rings. The van der Waals surface area contributed by atoms with E-state index in [4.69, 9.17) is 18.9 Å². The van der Waals surface area contributed by atoms with E-state index in [1.54, 1.807) is 0 Å². The monoisotopic (exact) mass is 634 g/mol. The van der Waals surface area contributed by atoms with Gasteiger partial charge in [0, 0.05) is 11.1 Å². The summed E-state index contributed by atoms with van der Waals surface area (Å²) in [5.74, 6) is -14.5. The molecular weight excluding hydrogens is 612 g/mol. The van der Waals surface area contributed by atoms with Gasteiger partial charge in [-0.3, -0.25) is 0 Å². The van der Waals surface area contributed by atoms with E-state index in [-0.39, 0.29) is 0 Å². The molecule has 2 bridgehead atoms. The van der Waals surface area contributed by atoms with Crippen molar-refractivity contribution in [3.63, 3.8) is 0 Å². The maximum atomic E-state index is 13.4. The third-order valence-electron chi connectivity index (χ3n) is 6.99. The van der Waals surface area contributed by atoms with Crippen LogP contribution in [0.4, 0.5) is 0 Å². The summed E-state index contributed by atoms with van der Waals surface area (Å²) in [7, 11) is 0. The van der Waals surface area contributed by atoms with Crippen molar-refractivity contribution >= 4 is 17.9 Å². The lowest BCUT2D eigenvalue weighted by Crippen LogP contribution is -2.61. The number of esters is 3. The van der Waals surface area contributed by atoms with E-state index < -0.39 is 135 Å². The zero-order valence-electron chi connectivity index (χ0n) is 22.2. The molecule has 2 heterocycles. The van der Waals surface area contributed by atoms with Crippen molar-refractivity contribution in [2.75, 3.05) is 6.61 Å². The van der Waals surface area contributed by atoms with Gasteiger partial charge >= 0.3 is 17.9 Å². The molecular formula is C27H22O18. The second-order valence-corrected chi connectivity index (χ2v) is 9.79. The lowest BCUT2D eigenvalue weighted by molar-refractivity contribution is -0.284. The number of phenolic OH excluding ortho intramolecular Hbond substituents is 9. The Kier molecular flexibility index (Phi) is 7.49. The Bertz CT molecular complexity index is 1730. The molecule has 5 unspecified atom stereocenters. The average molecular weight is 634 g/mol. The molecule has 1 saturated heterocycles. The van der Waals surface area contributed by atoms with Crippen LogP contribution in [0.2, 0.25) is 0 Å². The Labute approximate surface area is 248 Å². The van der Waals surface area contributed by atoms with Crippen LogP contribution in [-0.4, -0.2) is 111 Å². The topological polar surface area (TPSA) is 311 Å². The Morgan fingerprint density at radius 1 is 0.667 bits per heavy atom. The van der Waals surface area contributed by atoms with Crippen molar-refractivity contribution in [2.45, 2.75) is 30.7 Å². The largest absolute Gasteiger partial charge is 0.504 e. The average Bonchev–Trinajstić information content (AvgIpc) is 2.99. The molecule has 0 spiro atoms. The number of carbonyl (C=O) groups is 3. The number of phenols is 9. The van der Waals surface area contributed by atoms with Gasteiger partial charge in [0.15, 0.2) is 52.5 Å². The van der Waals surface area contributed by atoms with E-state index >= 15 is 0 Å². The van der Waals surface area contributed by atoms with Crippen LogP contribution in [0.3, 0.4) is 0 Å². The summed E-state index contributed by atoms with van der Waals surface area (Å²) in [6.07, 6.45) is -10.2. The number of cyclic esters (lactones) is 1.